The zero-order valence-corrected chi connectivity index (χ0v) is 32.2. The number of carbonyl (C=O) groups is 2. The molecule has 3 aromatic heterocycles. The van der Waals surface area contributed by atoms with Gasteiger partial charge in [-0.1, -0.05) is 48.9 Å². The second kappa shape index (κ2) is 15.5. The lowest BCUT2D eigenvalue weighted by molar-refractivity contribution is -0.137. The van der Waals surface area contributed by atoms with Crippen molar-refractivity contribution in [3.63, 3.8) is 0 Å². The van der Waals surface area contributed by atoms with Crippen LogP contribution in [0.2, 0.25) is 5.02 Å². The highest BCUT2D eigenvalue weighted by Gasteiger charge is 2.41. The molecule has 2 fully saturated rings. The first kappa shape index (κ1) is 39.1. The second-order valence-electron chi connectivity index (χ2n) is 14.4. The maximum Gasteiger partial charge on any atom is 0.416 e. The van der Waals surface area contributed by atoms with Crippen LogP contribution in [0.3, 0.4) is 0 Å². The van der Waals surface area contributed by atoms with Crippen molar-refractivity contribution in [3.05, 3.63) is 104 Å². The van der Waals surface area contributed by atoms with Crippen LogP contribution in [-0.2, 0) is 22.3 Å². The molecule has 5 aromatic rings. The molecular weight excluding hydrogens is 786 g/mol. The average Bonchev–Trinajstić information content (AvgIpc) is 3.81. The van der Waals surface area contributed by atoms with Crippen molar-refractivity contribution in [1.82, 2.24) is 29.0 Å². The first-order chi connectivity index (χ1) is 27.8. The third-order valence-electron chi connectivity index (χ3n) is 10.6. The lowest BCUT2D eigenvalue weighted by atomic mass is 10.0. The Hall–Kier alpha value is -5.75. The quantitative estimate of drug-likeness (QED) is 0.201. The Balaban J connectivity index is 1.11. The van der Waals surface area contributed by atoms with Crippen molar-refractivity contribution in [2.45, 2.75) is 45.0 Å². The summed E-state index contributed by atoms with van der Waals surface area (Å²) in [5.41, 5.74) is 0.303. The maximum absolute atomic E-state index is 15.3. The number of pyridine rings is 1. The number of fused-ring (bicyclic) bond motifs is 3. The van der Waals surface area contributed by atoms with Crippen LogP contribution in [0.15, 0.2) is 59.4 Å². The van der Waals surface area contributed by atoms with Crippen molar-refractivity contribution >= 4 is 46.5 Å². The number of aromatic nitrogens is 5. The molecule has 1 N–H and O–H groups in total. The highest BCUT2D eigenvalue weighted by Crippen LogP contribution is 2.42. The first-order valence-electron chi connectivity index (χ1n) is 18.7. The third kappa shape index (κ3) is 7.41. The zero-order chi connectivity index (χ0) is 40.9. The Morgan fingerprint density at radius 2 is 1.71 bits per heavy atom. The minimum atomic E-state index is -4.63. The van der Waals surface area contributed by atoms with Crippen LogP contribution >= 0.6 is 11.6 Å². The van der Waals surface area contributed by atoms with E-state index in [4.69, 9.17) is 26.1 Å². The molecule has 2 atom stereocenters. The van der Waals surface area contributed by atoms with E-state index in [9.17, 15) is 27.6 Å². The van der Waals surface area contributed by atoms with Crippen LogP contribution in [0.1, 0.15) is 58.3 Å². The van der Waals surface area contributed by atoms with E-state index in [1.54, 1.807) is 11.5 Å². The predicted octanol–water partition coefficient (Wildman–Crippen LogP) is 5.47. The van der Waals surface area contributed by atoms with E-state index in [0.717, 1.165) is 23.8 Å². The summed E-state index contributed by atoms with van der Waals surface area (Å²) >= 11 is 6.22. The van der Waals surface area contributed by atoms with Gasteiger partial charge in [0.15, 0.2) is 17.3 Å². The smallest absolute Gasteiger partial charge is 0.416 e. The number of nitrogens with zero attached hydrogens (tertiary/aromatic N) is 8. The molecule has 0 unspecified atom stereocenters. The summed E-state index contributed by atoms with van der Waals surface area (Å²) in [5.74, 6) is -2.02. The molecule has 19 heteroatoms. The molecule has 2 aromatic carbocycles. The van der Waals surface area contributed by atoms with Crippen LogP contribution < -0.4 is 25.4 Å². The molecule has 2 saturated heterocycles. The molecule has 58 heavy (non-hydrogen) atoms. The fraction of sp³-hybridized carbons (Fsp3) is 0.385. The summed E-state index contributed by atoms with van der Waals surface area (Å²) in [6, 6.07) is 12.1. The van der Waals surface area contributed by atoms with Gasteiger partial charge in [-0.2, -0.15) is 22.7 Å². The molecule has 304 valence electrons. The van der Waals surface area contributed by atoms with E-state index in [1.807, 2.05) is 47.1 Å². The van der Waals surface area contributed by atoms with Crippen LogP contribution in [-0.4, -0.2) is 93.3 Å². The van der Waals surface area contributed by atoms with E-state index in [2.05, 4.69) is 15.4 Å². The van der Waals surface area contributed by atoms with E-state index in [-0.39, 0.29) is 84.7 Å². The summed E-state index contributed by atoms with van der Waals surface area (Å²) in [5, 5.41) is 7.00. The van der Waals surface area contributed by atoms with Gasteiger partial charge < -0.3 is 29.5 Å². The number of morpholine rings is 1. The Kier molecular flexibility index (Phi) is 10.5. The Labute approximate surface area is 333 Å². The van der Waals surface area contributed by atoms with Gasteiger partial charge in [0.25, 0.3) is 11.5 Å². The van der Waals surface area contributed by atoms with Gasteiger partial charge in [-0.05, 0) is 43.2 Å². The van der Waals surface area contributed by atoms with Gasteiger partial charge in [0, 0.05) is 50.9 Å². The highest BCUT2D eigenvalue weighted by molar-refractivity contribution is 6.33. The maximum atomic E-state index is 15.3. The van der Waals surface area contributed by atoms with Gasteiger partial charge in [-0.3, -0.25) is 19.0 Å². The number of aryl methyl sites for hydroxylation is 1. The van der Waals surface area contributed by atoms with Crippen molar-refractivity contribution < 1.29 is 36.6 Å². The highest BCUT2D eigenvalue weighted by atomic mass is 35.5. The number of anilines is 3. The van der Waals surface area contributed by atoms with Crippen LogP contribution in [0.4, 0.5) is 34.9 Å². The molecule has 0 radical (unpaired) electrons. The van der Waals surface area contributed by atoms with Crippen molar-refractivity contribution in [1.29, 1.82) is 0 Å². The van der Waals surface area contributed by atoms with Crippen LogP contribution in [0.25, 0.3) is 5.78 Å². The van der Waals surface area contributed by atoms with E-state index < -0.39 is 41.0 Å². The van der Waals surface area contributed by atoms with E-state index in [0.29, 0.717) is 37.7 Å². The number of benzene rings is 2. The zero-order valence-electron chi connectivity index (χ0n) is 31.4. The Morgan fingerprint density at radius 3 is 2.40 bits per heavy atom. The minimum absolute atomic E-state index is 0.00840. The van der Waals surface area contributed by atoms with Gasteiger partial charge in [0.2, 0.25) is 17.6 Å². The summed E-state index contributed by atoms with van der Waals surface area (Å²) < 4.78 is 69.5. The van der Waals surface area contributed by atoms with Crippen molar-refractivity contribution in [3.8, 4) is 5.75 Å². The monoisotopic (exact) mass is 823 g/mol. The number of ether oxygens (including phenoxy) is 2. The third-order valence-corrected chi connectivity index (χ3v) is 10.9. The number of hydrogen-bond acceptors (Lipinski definition) is 10. The van der Waals surface area contributed by atoms with Crippen molar-refractivity contribution in [2.24, 2.45) is 0 Å². The number of carbonyl (C=O) groups excluding carboxylic acids is 2. The first-order valence-corrected chi connectivity index (χ1v) is 19.1. The van der Waals surface area contributed by atoms with Gasteiger partial charge in [-0.25, -0.2) is 9.37 Å². The van der Waals surface area contributed by atoms with Gasteiger partial charge >= 0.3 is 6.18 Å². The lowest BCUT2D eigenvalue weighted by Crippen LogP contribution is -2.51. The number of alkyl halides is 3. The molecular formula is C39H38ClF4N9O5. The molecule has 8 rings (SSSR count). The summed E-state index contributed by atoms with van der Waals surface area (Å²) in [4.78, 5) is 56.9. The molecule has 14 nitrogen and oxygen atoms in total. The second-order valence-corrected chi connectivity index (χ2v) is 14.9. The number of rotatable bonds is 8. The van der Waals surface area contributed by atoms with Gasteiger partial charge in [0.05, 0.1) is 35.2 Å². The number of halogens is 5. The number of hydrogen-bond donors (Lipinski definition) is 1. The SMILES string of the molecule is Cc1cc(F)c(OCc2ccccc2)c(C(=O)N2CCN(c3c4n(c5nc(N6CCOCC6)nn5c3=O)[C@@H](C(=O)Nc3ccc(C(F)(F)F)cc3Cl)C[C@H]4C)CC2)n1. The van der Waals surface area contributed by atoms with Crippen LogP contribution in [0.5, 0.6) is 5.75 Å². The number of amides is 2. The van der Waals surface area contributed by atoms with Gasteiger partial charge in [0.1, 0.15) is 18.3 Å². The normalized spacial score (nSPS) is 18.4. The molecule has 0 bridgehead atoms. The largest absolute Gasteiger partial charge is 0.483 e. The average molecular weight is 824 g/mol. The summed E-state index contributed by atoms with van der Waals surface area (Å²) in [6.45, 7) is 5.99. The summed E-state index contributed by atoms with van der Waals surface area (Å²) in [7, 11) is 0. The molecule has 0 spiro atoms. The van der Waals surface area contributed by atoms with Crippen LogP contribution in [0, 0.1) is 12.7 Å². The fourth-order valence-electron chi connectivity index (χ4n) is 7.69. The molecule has 3 aliphatic rings. The lowest BCUT2D eigenvalue weighted by Gasteiger charge is -2.36. The summed E-state index contributed by atoms with van der Waals surface area (Å²) in [6.07, 6.45) is -4.40. The Bertz CT molecular complexity index is 2450. The van der Waals surface area contributed by atoms with Gasteiger partial charge in [-0.15, -0.1) is 5.10 Å². The minimum Gasteiger partial charge on any atom is -0.483 e. The molecule has 3 aliphatic heterocycles. The molecule has 2 amide bonds. The Morgan fingerprint density at radius 1 is 0.983 bits per heavy atom. The number of piperazine rings is 1. The number of nitrogens with one attached hydrogen (secondary N) is 1. The van der Waals surface area contributed by atoms with E-state index in [1.165, 1.54) is 15.5 Å². The fourth-order valence-corrected chi connectivity index (χ4v) is 7.92. The molecule has 0 aliphatic carbocycles. The molecule has 6 heterocycles. The molecule has 0 saturated carbocycles. The van der Waals surface area contributed by atoms with Crippen molar-refractivity contribution in [2.75, 3.05) is 67.6 Å². The van der Waals surface area contributed by atoms with E-state index >= 15 is 4.39 Å². The predicted molar refractivity (Wildman–Crippen MR) is 205 cm³/mol. The topological polar surface area (TPSA) is 139 Å². The standard InChI is InChI=1S/C39H38ClF4N9O5/c1-22-18-29(34(54)46-28-9-8-25(20-26(28)40)39(42,43)44)52-31(22)32(36(56)53-38(52)47-37(48-53)51-14-16-57-17-15-51)49-10-12-50(13-11-49)35(55)30-33(27(41)19-23(2)45-30)58-21-24-6-4-3-5-7-24/h3-9,19-20,22,29H,10-18,21H2,1-2H3,(H,46,54)/t22-,29-/m1/s1.